The molecule has 1 aliphatic heterocycles. The van der Waals surface area contributed by atoms with E-state index in [-0.39, 0.29) is 0 Å². The van der Waals surface area contributed by atoms with Gasteiger partial charge in [-0.1, -0.05) is 31.3 Å². The molecule has 3 heterocycles. The zero-order valence-electron chi connectivity index (χ0n) is 16.2. The normalized spacial score (nSPS) is 15.8. The largest absolute Gasteiger partial charge is 0.492 e. The molecule has 1 saturated heterocycles. The van der Waals surface area contributed by atoms with Crippen LogP contribution in [0.3, 0.4) is 0 Å². The molecule has 0 spiro atoms. The van der Waals surface area contributed by atoms with Crippen LogP contribution in [0.25, 0.3) is 10.2 Å². The maximum absolute atomic E-state index is 5.73. The molecule has 1 N–H and O–H groups in total. The summed E-state index contributed by atoms with van der Waals surface area (Å²) in [5.41, 5.74) is 3.56. The number of nitrogens with zero attached hydrogens (tertiary/aromatic N) is 4. The van der Waals surface area contributed by atoms with Crippen molar-refractivity contribution in [3.05, 3.63) is 35.7 Å². The first-order chi connectivity index (χ1) is 13.2. The van der Waals surface area contributed by atoms with Gasteiger partial charge in [0.15, 0.2) is 5.13 Å². The molecule has 0 bridgehead atoms. The number of nitrogens with one attached hydrogen (secondary N) is 1. The predicted octanol–water partition coefficient (Wildman–Crippen LogP) is 3.86. The quantitative estimate of drug-likeness (QED) is 0.698. The van der Waals surface area contributed by atoms with Gasteiger partial charge in [-0.05, 0) is 25.0 Å². The van der Waals surface area contributed by atoms with Crippen molar-refractivity contribution in [1.82, 2.24) is 20.1 Å². The molecule has 1 aromatic carbocycles. The molecule has 1 aliphatic rings. The fraction of sp³-hybridized carbons (Fsp3) is 0.500. The minimum absolute atomic E-state index is 0.478. The fourth-order valence-electron chi connectivity index (χ4n) is 3.60. The number of aromatic nitrogens is 3. The summed E-state index contributed by atoms with van der Waals surface area (Å²) < 4.78 is 6.93. The van der Waals surface area contributed by atoms with Crippen molar-refractivity contribution in [2.75, 3.05) is 37.7 Å². The summed E-state index contributed by atoms with van der Waals surface area (Å²) in [5, 5.41) is 8.49. The molecular weight excluding hydrogens is 358 g/mol. The van der Waals surface area contributed by atoms with E-state index >= 15 is 0 Å². The van der Waals surface area contributed by atoms with Crippen molar-refractivity contribution < 1.29 is 4.74 Å². The Morgan fingerprint density at radius 3 is 2.78 bits per heavy atom. The summed E-state index contributed by atoms with van der Waals surface area (Å²) >= 11 is 1.76. The van der Waals surface area contributed by atoms with Crippen LogP contribution < -0.4 is 9.64 Å². The number of fused-ring (bicyclic) bond motifs is 1. The Hall–Kier alpha value is -2.12. The van der Waals surface area contributed by atoms with Gasteiger partial charge in [0.1, 0.15) is 11.3 Å². The number of H-pyrrole nitrogens is 1. The number of hydrogen-bond acceptors (Lipinski definition) is 6. The number of thiazole rings is 1. The Kier molecular flexibility index (Phi) is 5.31. The van der Waals surface area contributed by atoms with Crippen LogP contribution in [0.1, 0.15) is 37.9 Å². The first kappa shape index (κ1) is 18.3. The molecule has 4 rings (SSSR count). The van der Waals surface area contributed by atoms with Crippen molar-refractivity contribution in [3.63, 3.8) is 0 Å². The second kappa shape index (κ2) is 7.86. The Balaban J connectivity index is 1.42. The van der Waals surface area contributed by atoms with Gasteiger partial charge < -0.3 is 9.64 Å². The Labute approximate surface area is 164 Å². The topological polar surface area (TPSA) is 57.3 Å². The fourth-order valence-corrected chi connectivity index (χ4v) is 4.64. The molecule has 3 aromatic rings. The number of aromatic amines is 1. The van der Waals surface area contributed by atoms with Crippen molar-refractivity contribution in [2.45, 2.75) is 33.2 Å². The van der Waals surface area contributed by atoms with Crippen molar-refractivity contribution in [1.29, 1.82) is 0 Å². The number of anilines is 1. The van der Waals surface area contributed by atoms with E-state index in [1.165, 1.54) is 16.0 Å². The first-order valence-electron chi connectivity index (χ1n) is 9.67. The number of para-hydroxylation sites is 1. The summed E-state index contributed by atoms with van der Waals surface area (Å²) in [6.45, 7) is 12.1. The van der Waals surface area contributed by atoms with E-state index in [1.807, 2.05) is 25.3 Å². The summed E-state index contributed by atoms with van der Waals surface area (Å²) in [6, 6.07) is 6.18. The lowest BCUT2D eigenvalue weighted by atomic mass is 10.1. The molecule has 27 heavy (non-hydrogen) atoms. The third-order valence-corrected chi connectivity index (χ3v) is 6.12. The molecule has 0 radical (unpaired) electrons. The zero-order chi connectivity index (χ0) is 18.8. The van der Waals surface area contributed by atoms with Crippen LogP contribution in [-0.4, -0.2) is 52.9 Å². The molecule has 6 nitrogen and oxygen atoms in total. The van der Waals surface area contributed by atoms with Crippen molar-refractivity contribution >= 4 is 26.7 Å². The van der Waals surface area contributed by atoms with Crippen LogP contribution in [0.2, 0.25) is 0 Å². The molecule has 0 amide bonds. The van der Waals surface area contributed by atoms with Crippen molar-refractivity contribution in [2.24, 2.45) is 0 Å². The predicted molar refractivity (Wildman–Crippen MR) is 111 cm³/mol. The van der Waals surface area contributed by atoms with E-state index in [0.29, 0.717) is 12.5 Å². The zero-order valence-corrected chi connectivity index (χ0v) is 17.1. The lowest BCUT2D eigenvalue weighted by Gasteiger charge is -2.34. The number of rotatable bonds is 6. The highest BCUT2D eigenvalue weighted by Gasteiger charge is 2.22. The van der Waals surface area contributed by atoms with Gasteiger partial charge in [0.2, 0.25) is 0 Å². The minimum Gasteiger partial charge on any atom is -0.492 e. The van der Waals surface area contributed by atoms with E-state index in [0.717, 1.165) is 49.1 Å². The molecular formula is C20H27N5OS. The van der Waals surface area contributed by atoms with Crippen LogP contribution in [-0.2, 0) is 6.54 Å². The van der Waals surface area contributed by atoms with Crippen LogP contribution in [0.5, 0.6) is 5.75 Å². The number of ether oxygens (including phenoxy) is 1. The Morgan fingerprint density at radius 1 is 1.22 bits per heavy atom. The SMILES string of the molecule is CCOc1cccc2sc(N3CCN(Cc4cn[nH]c4C(C)C)CC3)nc12. The average molecular weight is 386 g/mol. The minimum atomic E-state index is 0.478. The molecule has 1 fully saturated rings. The summed E-state index contributed by atoms with van der Waals surface area (Å²) in [4.78, 5) is 9.78. The van der Waals surface area contributed by atoms with Gasteiger partial charge in [0, 0.05) is 44.0 Å². The number of hydrogen-bond donors (Lipinski definition) is 1. The third-order valence-electron chi connectivity index (χ3n) is 5.04. The highest BCUT2D eigenvalue weighted by Crippen LogP contribution is 2.34. The van der Waals surface area contributed by atoms with Crippen LogP contribution in [0.15, 0.2) is 24.4 Å². The van der Waals surface area contributed by atoms with E-state index < -0.39 is 0 Å². The van der Waals surface area contributed by atoms with Gasteiger partial charge in [0.25, 0.3) is 0 Å². The second-order valence-electron chi connectivity index (χ2n) is 7.26. The molecule has 0 unspecified atom stereocenters. The van der Waals surface area contributed by atoms with E-state index in [4.69, 9.17) is 9.72 Å². The molecule has 2 aromatic heterocycles. The lowest BCUT2D eigenvalue weighted by Crippen LogP contribution is -2.46. The summed E-state index contributed by atoms with van der Waals surface area (Å²) in [7, 11) is 0. The molecule has 0 saturated carbocycles. The van der Waals surface area contributed by atoms with Crippen molar-refractivity contribution in [3.8, 4) is 5.75 Å². The molecule has 0 atom stereocenters. The number of piperazine rings is 1. The van der Waals surface area contributed by atoms with Gasteiger partial charge in [0.05, 0.1) is 17.5 Å². The van der Waals surface area contributed by atoms with E-state index in [1.54, 1.807) is 11.3 Å². The monoisotopic (exact) mass is 385 g/mol. The van der Waals surface area contributed by atoms with E-state index in [9.17, 15) is 0 Å². The third kappa shape index (κ3) is 3.80. The van der Waals surface area contributed by atoms with Gasteiger partial charge in [-0.15, -0.1) is 0 Å². The summed E-state index contributed by atoms with van der Waals surface area (Å²) in [5.74, 6) is 1.36. The molecule has 144 valence electrons. The van der Waals surface area contributed by atoms with Crippen LogP contribution in [0, 0.1) is 0 Å². The van der Waals surface area contributed by atoms with Crippen LogP contribution in [0.4, 0.5) is 5.13 Å². The smallest absolute Gasteiger partial charge is 0.186 e. The highest BCUT2D eigenvalue weighted by molar-refractivity contribution is 7.22. The van der Waals surface area contributed by atoms with E-state index in [2.05, 4.69) is 39.9 Å². The lowest BCUT2D eigenvalue weighted by molar-refractivity contribution is 0.249. The van der Waals surface area contributed by atoms with Gasteiger partial charge in [-0.25, -0.2) is 4.98 Å². The van der Waals surface area contributed by atoms with Crippen LogP contribution >= 0.6 is 11.3 Å². The highest BCUT2D eigenvalue weighted by atomic mass is 32.1. The van der Waals surface area contributed by atoms with Gasteiger partial charge in [-0.2, -0.15) is 5.10 Å². The number of benzene rings is 1. The molecule has 7 heteroatoms. The molecule has 0 aliphatic carbocycles. The maximum atomic E-state index is 5.73. The second-order valence-corrected chi connectivity index (χ2v) is 8.27. The van der Waals surface area contributed by atoms with Gasteiger partial charge in [-0.3, -0.25) is 10.00 Å². The average Bonchev–Trinajstić information content (AvgIpc) is 3.30. The first-order valence-corrected chi connectivity index (χ1v) is 10.5. The van der Waals surface area contributed by atoms with Gasteiger partial charge >= 0.3 is 0 Å². The maximum Gasteiger partial charge on any atom is 0.186 e. The summed E-state index contributed by atoms with van der Waals surface area (Å²) in [6.07, 6.45) is 1.98. The Morgan fingerprint density at radius 2 is 2.04 bits per heavy atom. The standard InChI is InChI=1S/C20H27N5OS/c1-4-26-16-6-5-7-17-19(16)22-20(27-17)25-10-8-24(9-11-25)13-15-12-21-23-18(15)14(2)3/h5-7,12,14H,4,8-11,13H2,1-3H3,(H,21,23). The Bertz CT molecular complexity index is 895.